The molecule has 1 aromatic heterocycles. The molecule has 3 heterocycles. The molecule has 7 heteroatoms. The lowest BCUT2D eigenvalue weighted by Gasteiger charge is -2.11. The minimum atomic E-state index is -0.847. The second-order valence-corrected chi connectivity index (χ2v) is 8.35. The van der Waals surface area contributed by atoms with Gasteiger partial charge in [0.2, 0.25) is 5.89 Å². The first-order valence-electron chi connectivity index (χ1n) is 11.4. The van der Waals surface area contributed by atoms with Crippen LogP contribution in [0.4, 0.5) is 6.01 Å². The normalized spacial score (nSPS) is 18.7. The van der Waals surface area contributed by atoms with Crippen LogP contribution in [0.2, 0.25) is 0 Å². The van der Waals surface area contributed by atoms with E-state index in [1.54, 1.807) is 6.21 Å². The Kier molecular flexibility index (Phi) is 5.35. The molecular weight excluding hydrogens is 438 g/mol. The van der Waals surface area contributed by atoms with Gasteiger partial charge in [-0.25, -0.2) is 0 Å². The van der Waals surface area contributed by atoms with Crippen molar-refractivity contribution >= 4 is 23.7 Å². The summed E-state index contributed by atoms with van der Waals surface area (Å²) in [4.78, 5) is 22.3. The number of hydrogen-bond acceptors (Lipinski definition) is 7. The van der Waals surface area contributed by atoms with Crippen LogP contribution in [0.3, 0.4) is 0 Å². The third-order valence-corrected chi connectivity index (χ3v) is 6.06. The predicted molar refractivity (Wildman–Crippen MR) is 135 cm³/mol. The molecule has 6 rings (SSSR count). The number of allylic oxidation sites excluding steroid dienone is 1. The molecule has 35 heavy (non-hydrogen) atoms. The highest BCUT2D eigenvalue weighted by atomic mass is 16.4. The number of anilines is 1. The topological polar surface area (TPSA) is 92.7 Å². The van der Waals surface area contributed by atoms with Gasteiger partial charge in [0.25, 0.3) is 0 Å². The zero-order valence-corrected chi connectivity index (χ0v) is 18.7. The Labute approximate surface area is 202 Å². The molecule has 4 aromatic rings. The third-order valence-electron chi connectivity index (χ3n) is 6.06. The fourth-order valence-corrected chi connectivity index (χ4v) is 4.28. The van der Waals surface area contributed by atoms with Crippen molar-refractivity contribution in [3.8, 4) is 11.5 Å². The Bertz CT molecular complexity index is 1460. The Hall–Kier alpha value is -4.65. The minimum Gasteiger partial charge on any atom is -0.403 e. The molecule has 170 valence electrons. The summed E-state index contributed by atoms with van der Waals surface area (Å²) in [5, 5.41) is 11.3. The Morgan fingerprint density at radius 2 is 1.66 bits per heavy atom. The summed E-state index contributed by atoms with van der Waals surface area (Å²) >= 11 is 0. The number of benzene rings is 3. The van der Waals surface area contributed by atoms with Gasteiger partial charge < -0.3 is 9.73 Å². The highest BCUT2D eigenvalue weighted by Crippen LogP contribution is 2.27. The van der Waals surface area contributed by atoms with Crippen molar-refractivity contribution in [1.29, 1.82) is 0 Å². The van der Waals surface area contributed by atoms with E-state index in [1.807, 2.05) is 91.0 Å². The van der Waals surface area contributed by atoms with Gasteiger partial charge in [-0.2, -0.15) is 0 Å². The van der Waals surface area contributed by atoms with Crippen molar-refractivity contribution in [1.82, 2.24) is 10.2 Å². The molecule has 0 aliphatic carbocycles. The maximum absolute atomic E-state index is 13.1. The highest BCUT2D eigenvalue weighted by Gasteiger charge is 2.27. The van der Waals surface area contributed by atoms with Gasteiger partial charge in [0.1, 0.15) is 0 Å². The molecule has 0 saturated carbocycles. The number of carbonyl (C=O) groups is 1. The number of nitrogens with one attached hydrogen (secondary N) is 1. The van der Waals surface area contributed by atoms with Gasteiger partial charge >= 0.3 is 6.01 Å². The third kappa shape index (κ3) is 4.19. The van der Waals surface area contributed by atoms with Crippen LogP contribution in [0.15, 0.2) is 105 Å². The van der Waals surface area contributed by atoms with Crippen LogP contribution in [-0.2, 0) is 11.2 Å². The molecule has 3 aromatic carbocycles. The molecule has 0 fully saturated rings. The maximum Gasteiger partial charge on any atom is 0.317 e. The van der Waals surface area contributed by atoms with Gasteiger partial charge in [-0.15, -0.1) is 5.10 Å². The van der Waals surface area contributed by atoms with Crippen LogP contribution in [0.1, 0.15) is 28.3 Å². The van der Waals surface area contributed by atoms with E-state index in [4.69, 9.17) is 9.41 Å². The second kappa shape index (κ2) is 8.95. The van der Waals surface area contributed by atoms with E-state index in [2.05, 4.69) is 20.5 Å². The van der Waals surface area contributed by atoms with Gasteiger partial charge in [-0.3, -0.25) is 14.8 Å². The number of rotatable bonds is 5. The van der Waals surface area contributed by atoms with E-state index < -0.39 is 6.17 Å². The van der Waals surface area contributed by atoms with Crippen molar-refractivity contribution in [2.24, 2.45) is 9.98 Å². The molecule has 0 bridgehead atoms. The summed E-state index contributed by atoms with van der Waals surface area (Å²) < 4.78 is 5.85. The molecule has 0 saturated heterocycles. The summed E-state index contributed by atoms with van der Waals surface area (Å²) in [5.41, 5.74) is 5.45. The van der Waals surface area contributed by atoms with Crippen LogP contribution in [0.25, 0.3) is 11.5 Å². The predicted octanol–water partition coefficient (Wildman–Crippen LogP) is 4.82. The molecule has 1 N–H and O–H groups in total. The summed E-state index contributed by atoms with van der Waals surface area (Å²) in [6, 6.07) is 25.7. The quantitative estimate of drug-likeness (QED) is 0.462. The van der Waals surface area contributed by atoms with Crippen LogP contribution in [-0.4, -0.2) is 34.1 Å². The van der Waals surface area contributed by atoms with Gasteiger partial charge in [-0.1, -0.05) is 77.9 Å². The number of nitrogens with zero attached hydrogens (tertiary/aromatic N) is 4. The number of Topliss-reactive ketones (excluding diaryl/α,β-unsaturated/α-hetero) is 1. The van der Waals surface area contributed by atoms with Crippen molar-refractivity contribution in [3.63, 3.8) is 0 Å². The Morgan fingerprint density at radius 3 is 2.46 bits per heavy atom. The first kappa shape index (κ1) is 20.9. The number of ketones is 1. The standard InChI is InChI=1S/C28H21N5O2/c34-24-17-21-9-4-5-10-22(21)25(19-7-2-1-3-8-19)30-26(24)31-28-33-32-27(35-28)20-14-12-18(13-15-20)23-11-6-16-29-23/h1-16,23,26H,17H2,(H,31,33). The maximum atomic E-state index is 13.1. The van der Waals surface area contributed by atoms with Crippen LogP contribution in [0.5, 0.6) is 0 Å². The van der Waals surface area contributed by atoms with Gasteiger partial charge in [0.15, 0.2) is 11.9 Å². The first-order valence-corrected chi connectivity index (χ1v) is 11.4. The second-order valence-electron chi connectivity index (χ2n) is 8.35. The lowest BCUT2D eigenvalue weighted by molar-refractivity contribution is -0.119. The van der Waals surface area contributed by atoms with Crippen molar-refractivity contribution in [3.05, 3.63) is 113 Å². The lowest BCUT2D eigenvalue weighted by Crippen LogP contribution is -2.29. The summed E-state index contributed by atoms with van der Waals surface area (Å²) in [7, 11) is 0. The Balaban J connectivity index is 1.28. The molecule has 0 amide bonds. The van der Waals surface area contributed by atoms with Crippen molar-refractivity contribution < 1.29 is 9.21 Å². The molecular formula is C28H21N5O2. The number of aliphatic imine (C=N–C) groups is 2. The smallest absolute Gasteiger partial charge is 0.317 e. The Morgan fingerprint density at radius 1 is 0.857 bits per heavy atom. The molecule has 0 spiro atoms. The van der Waals surface area contributed by atoms with E-state index in [1.165, 1.54) is 0 Å². The average Bonchev–Trinajstić information content (AvgIpc) is 3.58. The average molecular weight is 460 g/mol. The van der Waals surface area contributed by atoms with E-state index in [-0.39, 0.29) is 24.3 Å². The van der Waals surface area contributed by atoms with Crippen LogP contribution < -0.4 is 5.32 Å². The molecule has 2 atom stereocenters. The SMILES string of the molecule is O=C1Cc2ccccc2C(c2ccccc2)=NC1Nc1nnc(-c2ccc(C3C=CC=N3)cc2)o1. The van der Waals surface area contributed by atoms with Crippen LogP contribution in [0, 0.1) is 0 Å². The summed E-state index contributed by atoms with van der Waals surface area (Å²) in [5.74, 6) is 0.291. The lowest BCUT2D eigenvalue weighted by atomic mass is 9.96. The number of carbonyl (C=O) groups excluding carboxylic acids is 1. The van der Waals surface area contributed by atoms with Crippen molar-refractivity contribution in [2.45, 2.75) is 18.6 Å². The molecule has 2 unspecified atom stereocenters. The van der Waals surface area contributed by atoms with E-state index in [0.29, 0.717) is 5.89 Å². The van der Waals surface area contributed by atoms with E-state index in [9.17, 15) is 4.79 Å². The summed E-state index contributed by atoms with van der Waals surface area (Å²) in [6.45, 7) is 0. The molecule has 0 radical (unpaired) electrons. The molecule has 2 aliphatic rings. The van der Waals surface area contributed by atoms with Crippen molar-refractivity contribution in [2.75, 3.05) is 5.32 Å². The van der Waals surface area contributed by atoms with E-state index in [0.717, 1.165) is 33.5 Å². The fraction of sp³-hybridized carbons (Fsp3) is 0.107. The largest absolute Gasteiger partial charge is 0.403 e. The number of fused-ring (bicyclic) bond motifs is 1. The van der Waals surface area contributed by atoms with Crippen LogP contribution >= 0.6 is 0 Å². The summed E-state index contributed by atoms with van der Waals surface area (Å²) in [6.07, 6.45) is 5.19. The number of hydrogen-bond donors (Lipinski definition) is 1. The molecule has 2 aliphatic heterocycles. The van der Waals surface area contributed by atoms with E-state index >= 15 is 0 Å². The number of aromatic nitrogens is 2. The monoisotopic (exact) mass is 459 g/mol. The highest BCUT2D eigenvalue weighted by molar-refractivity contribution is 6.16. The molecule has 7 nitrogen and oxygen atoms in total. The zero-order chi connectivity index (χ0) is 23.6. The van der Waals surface area contributed by atoms with Gasteiger partial charge in [0, 0.05) is 29.3 Å². The zero-order valence-electron chi connectivity index (χ0n) is 18.7. The van der Waals surface area contributed by atoms with Gasteiger partial charge in [0.05, 0.1) is 11.8 Å². The fourth-order valence-electron chi connectivity index (χ4n) is 4.28. The first-order chi connectivity index (χ1) is 17.2. The van der Waals surface area contributed by atoms with Gasteiger partial charge in [-0.05, 0) is 29.3 Å². The minimum absolute atomic E-state index is 0.0472.